The Labute approximate surface area is 324 Å². The predicted octanol–water partition coefficient (Wildman–Crippen LogP) is -9.97. The van der Waals surface area contributed by atoms with Crippen molar-refractivity contribution >= 4 is 72.8 Å². The van der Waals surface area contributed by atoms with Gasteiger partial charge in [-0.15, -0.1) is 0 Å². The van der Waals surface area contributed by atoms with E-state index in [0.717, 1.165) is 0 Å². The van der Waals surface area contributed by atoms with Crippen molar-refractivity contribution < 1.29 is 178 Å². The fourth-order valence-electron chi connectivity index (χ4n) is 2.57. The molecule has 0 aliphatic carbocycles. The molecule has 0 bridgehead atoms. The standard InChI is InChI=1S/C12H22O11.7H2O4S/c13-1-3-5(15)6(16)9(19)12(22-3)23-10-4(2-14)21-11(20)8(18)7(10)17;7*1-5(2,3)4/h3-20H,1-2H2;7*(H2,1,2,3,4)/t3-,4-,5+,6+,7-,8-,9-,10-,11?,12+;;;;;;;/m1......./s1. The second-order valence-electron chi connectivity index (χ2n) is 8.66. The summed E-state index contributed by atoms with van der Waals surface area (Å²) in [7, 11) is -32.7. The summed E-state index contributed by atoms with van der Waals surface area (Å²) in [6.07, 6.45) is -15.6. The third-order valence-corrected chi connectivity index (χ3v) is 3.98. The van der Waals surface area contributed by atoms with Crippen molar-refractivity contribution in [1.29, 1.82) is 0 Å². The molecule has 2 aliphatic heterocycles. The third-order valence-electron chi connectivity index (χ3n) is 3.98. The van der Waals surface area contributed by atoms with Crippen LogP contribution in [0.1, 0.15) is 0 Å². The topological polar surface area (TPSA) is 712 Å². The molecule has 2 saturated heterocycles. The Balaban J connectivity index is -0.000000158. The summed E-state index contributed by atoms with van der Waals surface area (Å²) in [6.45, 7) is -1.35. The minimum Gasteiger partial charge on any atom is -0.394 e. The van der Waals surface area contributed by atoms with E-state index in [9.17, 15) is 35.7 Å². The summed E-state index contributed by atoms with van der Waals surface area (Å²) >= 11 is 0. The SMILES string of the molecule is O=S(=O)(O)O.O=S(=O)(O)O.O=S(=O)(O)O.O=S(=O)(O)O.O=S(=O)(O)O.O=S(=O)(O)O.O=S(=O)(O)O.OC[C@H]1O[C@@H](O[C@H]2[C@H](O)[C@@H](O)C(O)O[C@@H]2CO)[C@H](O)[C@@H](O)[C@H]1O. The van der Waals surface area contributed by atoms with E-state index >= 15 is 0 Å². The Bertz CT molecular complexity index is 1530. The second-order valence-corrected chi connectivity index (χ2v) is 14.9. The first-order valence-electron chi connectivity index (χ1n) is 12.0. The number of hydrogen-bond acceptors (Lipinski definition) is 25. The molecule has 2 rings (SSSR count). The molecule has 0 saturated carbocycles. The van der Waals surface area contributed by atoms with Crippen LogP contribution in [0.3, 0.4) is 0 Å². The smallest absolute Gasteiger partial charge is 0.394 e. The van der Waals surface area contributed by atoms with E-state index in [-0.39, 0.29) is 0 Å². The molecular formula is C12H36O39S7. The number of rotatable bonds is 4. The molecule has 1 unspecified atom stereocenters. The van der Waals surface area contributed by atoms with Gasteiger partial charge < -0.3 is 55.1 Å². The maximum Gasteiger partial charge on any atom is 0.394 e. The summed E-state index contributed by atoms with van der Waals surface area (Å²) < 4.78 is 236. The molecule has 39 nitrogen and oxygen atoms in total. The van der Waals surface area contributed by atoms with Crippen LogP contribution in [-0.4, -0.2) is 238 Å². The van der Waals surface area contributed by atoms with Crippen LogP contribution in [0.5, 0.6) is 0 Å². The summed E-state index contributed by atoms with van der Waals surface area (Å²) in [5, 5.41) is 76.5. The van der Waals surface area contributed by atoms with Gasteiger partial charge in [0.15, 0.2) is 12.6 Å². The van der Waals surface area contributed by atoms with Gasteiger partial charge >= 0.3 is 72.8 Å². The van der Waals surface area contributed by atoms with Gasteiger partial charge in [0.2, 0.25) is 0 Å². The highest BCUT2D eigenvalue weighted by Gasteiger charge is 2.50. The molecule has 22 N–H and O–H groups in total. The van der Waals surface area contributed by atoms with Gasteiger partial charge in [0.05, 0.1) is 13.2 Å². The number of ether oxygens (including phenoxy) is 3. The van der Waals surface area contributed by atoms with Gasteiger partial charge in [0.1, 0.15) is 48.8 Å². The summed E-state index contributed by atoms with van der Waals surface area (Å²) in [4.78, 5) is 0. The Morgan fingerprint density at radius 2 is 0.586 bits per heavy atom. The Kier molecular flexibility index (Phi) is 34.2. The molecule has 0 spiro atoms. The third kappa shape index (κ3) is 72.3. The first kappa shape index (κ1) is 68.4. The number of aliphatic hydroxyl groups is 8. The molecule has 58 heavy (non-hydrogen) atoms. The second kappa shape index (κ2) is 29.0. The van der Waals surface area contributed by atoms with E-state index in [2.05, 4.69) is 0 Å². The molecule has 46 heteroatoms. The highest BCUT2D eigenvalue weighted by atomic mass is 32.3. The van der Waals surface area contributed by atoms with E-state index in [1.54, 1.807) is 0 Å². The minimum atomic E-state index is -4.67. The van der Waals surface area contributed by atoms with Crippen molar-refractivity contribution in [2.24, 2.45) is 0 Å². The van der Waals surface area contributed by atoms with Crippen LogP contribution in [0.25, 0.3) is 0 Å². The number of hydrogen-bond donors (Lipinski definition) is 22. The van der Waals surface area contributed by atoms with E-state index in [0.29, 0.717) is 0 Å². The van der Waals surface area contributed by atoms with Crippen LogP contribution in [0.4, 0.5) is 0 Å². The molecule has 0 radical (unpaired) electrons. The van der Waals surface area contributed by atoms with Crippen molar-refractivity contribution in [3.63, 3.8) is 0 Å². The predicted molar refractivity (Wildman–Crippen MR) is 168 cm³/mol. The summed E-state index contributed by atoms with van der Waals surface area (Å²) in [6, 6.07) is 0. The fourth-order valence-corrected chi connectivity index (χ4v) is 2.57. The van der Waals surface area contributed by atoms with Gasteiger partial charge in [-0.05, 0) is 0 Å². The highest BCUT2D eigenvalue weighted by Crippen LogP contribution is 2.28. The highest BCUT2D eigenvalue weighted by molar-refractivity contribution is 7.81. The molecule has 0 aromatic heterocycles. The molecule has 2 aliphatic rings. The van der Waals surface area contributed by atoms with Crippen LogP contribution in [0.15, 0.2) is 0 Å². The van der Waals surface area contributed by atoms with Gasteiger partial charge in [-0.2, -0.15) is 58.9 Å². The Morgan fingerprint density at radius 3 is 0.810 bits per heavy atom. The van der Waals surface area contributed by atoms with Crippen LogP contribution < -0.4 is 0 Å². The quantitative estimate of drug-likeness (QED) is 0.116. The van der Waals surface area contributed by atoms with Crippen LogP contribution in [0.2, 0.25) is 0 Å². The zero-order chi connectivity index (χ0) is 48.8. The molecule has 0 aromatic carbocycles. The van der Waals surface area contributed by atoms with E-state index in [1.807, 2.05) is 0 Å². The largest absolute Gasteiger partial charge is 0.394 e. The van der Waals surface area contributed by atoms with E-state index in [4.69, 9.17) is 142 Å². The molecule has 360 valence electrons. The normalized spacial score (nSPS) is 27.5. The van der Waals surface area contributed by atoms with Crippen molar-refractivity contribution in [3.05, 3.63) is 0 Å². The van der Waals surface area contributed by atoms with Gasteiger partial charge in [-0.3, -0.25) is 63.7 Å². The molecular weight excluding hydrogens is 993 g/mol. The summed E-state index contributed by atoms with van der Waals surface area (Å²) in [5.41, 5.74) is 0. The molecule has 2 fully saturated rings. The average Bonchev–Trinajstić information content (AvgIpc) is 2.86. The zero-order valence-electron chi connectivity index (χ0n) is 26.8. The monoisotopic (exact) mass is 1030 g/mol. The van der Waals surface area contributed by atoms with Gasteiger partial charge in [0.25, 0.3) is 0 Å². The van der Waals surface area contributed by atoms with Gasteiger partial charge in [-0.1, -0.05) is 0 Å². The zero-order valence-corrected chi connectivity index (χ0v) is 32.5. The lowest BCUT2D eigenvalue weighted by Crippen LogP contribution is -2.64. The van der Waals surface area contributed by atoms with Crippen molar-refractivity contribution in [3.8, 4) is 0 Å². The lowest BCUT2D eigenvalue weighted by atomic mass is 9.97. The lowest BCUT2D eigenvalue weighted by molar-refractivity contribution is -0.355. The molecule has 0 aromatic rings. The van der Waals surface area contributed by atoms with Crippen LogP contribution >= 0.6 is 0 Å². The van der Waals surface area contributed by atoms with Crippen molar-refractivity contribution in [2.45, 2.75) is 61.4 Å². The maximum atomic E-state index is 9.94. The first-order chi connectivity index (χ1) is 24.8. The van der Waals surface area contributed by atoms with Crippen molar-refractivity contribution in [1.82, 2.24) is 0 Å². The van der Waals surface area contributed by atoms with Crippen LogP contribution in [-0.2, 0) is 87.0 Å². The van der Waals surface area contributed by atoms with E-state index < -0.39 is 147 Å². The molecule has 0 amide bonds. The van der Waals surface area contributed by atoms with Crippen molar-refractivity contribution in [2.75, 3.05) is 13.2 Å². The average molecular weight is 1030 g/mol. The van der Waals surface area contributed by atoms with Gasteiger partial charge in [-0.25, -0.2) is 0 Å². The van der Waals surface area contributed by atoms with Gasteiger partial charge in [0, 0.05) is 0 Å². The van der Waals surface area contributed by atoms with E-state index in [1.165, 1.54) is 0 Å². The Hall–Kier alpha value is -1.35. The molecule has 2 heterocycles. The molecule has 10 atom stereocenters. The number of aliphatic hydroxyl groups excluding tert-OH is 8. The lowest BCUT2D eigenvalue weighted by Gasteiger charge is -2.45. The fraction of sp³-hybridized carbons (Fsp3) is 1.00. The first-order valence-corrected chi connectivity index (χ1v) is 21.7. The minimum absolute atomic E-state index is 0.667. The maximum absolute atomic E-state index is 9.94. The van der Waals surface area contributed by atoms with Crippen LogP contribution in [0, 0.1) is 0 Å². The Morgan fingerprint density at radius 1 is 0.345 bits per heavy atom. The summed E-state index contributed by atoms with van der Waals surface area (Å²) in [5.74, 6) is 0.